The van der Waals surface area contributed by atoms with E-state index in [1.807, 2.05) is 24.3 Å². The normalized spacial score (nSPS) is 22.1. The van der Waals surface area contributed by atoms with Crippen molar-refractivity contribution in [2.75, 3.05) is 32.5 Å². The first-order valence-electron chi connectivity index (χ1n) is 8.05. The summed E-state index contributed by atoms with van der Waals surface area (Å²) in [4.78, 5) is 12.3. The molecule has 0 unspecified atom stereocenters. The van der Waals surface area contributed by atoms with Gasteiger partial charge in [-0.1, -0.05) is 12.1 Å². The van der Waals surface area contributed by atoms with E-state index in [1.54, 1.807) is 0 Å². The maximum absolute atomic E-state index is 12.3. The van der Waals surface area contributed by atoms with E-state index in [1.165, 1.54) is 10.6 Å². The van der Waals surface area contributed by atoms with Crippen LogP contribution in [0.4, 0.5) is 0 Å². The molecule has 2 aliphatic rings. The molecule has 1 amide bonds. The fourth-order valence-corrected chi connectivity index (χ4v) is 3.85. The van der Waals surface area contributed by atoms with E-state index in [0.717, 1.165) is 0 Å². The molecule has 0 aliphatic carbocycles. The molecule has 0 saturated carbocycles. The van der Waals surface area contributed by atoms with Crippen molar-refractivity contribution in [2.24, 2.45) is 5.92 Å². The van der Waals surface area contributed by atoms with Gasteiger partial charge in [0.2, 0.25) is 15.9 Å². The Labute approximate surface area is 142 Å². The predicted octanol–water partition coefficient (Wildman–Crippen LogP) is 0.614. The van der Waals surface area contributed by atoms with Gasteiger partial charge in [-0.15, -0.1) is 0 Å². The molecule has 0 radical (unpaired) electrons. The SMILES string of the molecule is CS(=O)(=O)N1CCC(C(=O)NC[C@@H]2COc3ccccc3O2)CC1. The standard InChI is InChI=1S/C16H22N2O5S/c1-24(20,21)18-8-6-12(7-9-18)16(19)17-10-13-11-22-14-4-2-3-5-15(14)23-13/h2-5,12-13H,6-11H2,1H3,(H,17,19)/t13-/m1/s1. The van der Waals surface area contributed by atoms with Crippen LogP contribution in [0.2, 0.25) is 0 Å². The number of hydrogen-bond acceptors (Lipinski definition) is 5. The van der Waals surface area contributed by atoms with Gasteiger partial charge < -0.3 is 14.8 Å². The molecular weight excluding hydrogens is 332 g/mol. The van der Waals surface area contributed by atoms with Gasteiger partial charge in [-0.25, -0.2) is 12.7 Å². The zero-order valence-electron chi connectivity index (χ0n) is 13.6. The summed E-state index contributed by atoms with van der Waals surface area (Å²) in [7, 11) is -3.17. The van der Waals surface area contributed by atoms with Crippen molar-refractivity contribution in [3.8, 4) is 11.5 Å². The van der Waals surface area contributed by atoms with Crippen LogP contribution in [0.5, 0.6) is 11.5 Å². The van der Waals surface area contributed by atoms with Gasteiger partial charge in [0.05, 0.1) is 12.8 Å². The number of fused-ring (bicyclic) bond motifs is 1. The molecule has 0 spiro atoms. The van der Waals surface area contributed by atoms with Gasteiger partial charge in [0, 0.05) is 19.0 Å². The van der Waals surface area contributed by atoms with E-state index in [2.05, 4.69) is 5.32 Å². The molecule has 3 rings (SSSR count). The highest BCUT2D eigenvalue weighted by Gasteiger charge is 2.29. The van der Waals surface area contributed by atoms with Crippen molar-refractivity contribution in [1.82, 2.24) is 9.62 Å². The summed E-state index contributed by atoms with van der Waals surface area (Å²) in [6.45, 7) is 1.56. The number of piperidine rings is 1. The molecule has 2 heterocycles. The number of ether oxygens (including phenoxy) is 2. The largest absolute Gasteiger partial charge is 0.486 e. The number of carbonyl (C=O) groups excluding carboxylic acids is 1. The quantitative estimate of drug-likeness (QED) is 0.857. The maximum Gasteiger partial charge on any atom is 0.223 e. The predicted molar refractivity (Wildman–Crippen MR) is 88.5 cm³/mol. The molecule has 0 bridgehead atoms. The van der Waals surface area contributed by atoms with Crippen molar-refractivity contribution in [3.63, 3.8) is 0 Å². The highest BCUT2D eigenvalue weighted by molar-refractivity contribution is 7.88. The lowest BCUT2D eigenvalue weighted by molar-refractivity contribution is -0.126. The van der Waals surface area contributed by atoms with E-state index >= 15 is 0 Å². The van der Waals surface area contributed by atoms with Crippen LogP contribution in [0, 0.1) is 5.92 Å². The number of para-hydroxylation sites is 2. The van der Waals surface area contributed by atoms with E-state index in [4.69, 9.17) is 9.47 Å². The average Bonchev–Trinajstić information content (AvgIpc) is 2.59. The minimum Gasteiger partial charge on any atom is -0.486 e. The number of carbonyl (C=O) groups is 1. The van der Waals surface area contributed by atoms with Crippen molar-refractivity contribution < 1.29 is 22.7 Å². The minimum atomic E-state index is -3.17. The average molecular weight is 354 g/mol. The van der Waals surface area contributed by atoms with Crippen LogP contribution in [-0.2, 0) is 14.8 Å². The lowest BCUT2D eigenvalue weighted by Gasteiger charge is -2.30. The van der Waals surface area contributed by atoms with Gasteiger partial charge in [0.1, 0.15) is 12.7 Å². The Morgan fingerprint density at radius 2 is 1.92 bits per heavy atom. The molecule has 132 valence electrons. The number of hydrogen-bond donors (Lipinski definition) is 1. The second-order valence-corrected chi connectivity index (χ2v) is 8.16. The van der Waals surface area contributed by atoms with E-state index in [9.17, 15) is 13.2 Å². The molecular formula is C16H22N2O5S. The molecule has 1 saturated heterocycles. The second kappa shape index (κ2) is 6.98. The summed E-state index contributed by atoms with van der Waals surface area (Å²) in [5.41, 5.74) is 0. The van der Waals surface area contributed by atoms with Crippen LogP contribution >= 0.6 is 0 Å². The van der Waals surface area contributed by atoms with Crippen molar-refractivity contribution in [2.45, 2.75) is 18.9 Å². The Balaban J connectivity index is 1.45. The van der Waals surface area contributed by atoms with Crippen molar-refractivity contribution >= 4 is 15.9 Å². The molecule has 1 aromatic rings. The zero-order chi connectivity index (χ0) is 17.2. The Hall–Kier alpha value is -1.80. The van der Waals surface area contributed by atoms with Crippen molar-refractivity contribution in [1.29, 1.82) is 0 Å². The molecule has 0 aromatic heterocycles. The summed E-state index contributed by atoms with van der Waals surface area (Å²) in [5.74, 6) is 1.20. The second-order valence-electron chi connectivity index (χ2n) is 6.18. The Morgan fingerprint density at radius 1 is 1.25 bits per heavy atom. The smallest absolute Gasteiger partial charge is 0.223 e. The molecule has 1 aromatic carbocycles. The molecule has 24 heavy (non-hydrogen) atoms. The fourth-order valence-electron chi connectivity index (χ4n) is 2.97. The third kappa shape index (κ3) is 3.99. The molecule has 1 fully saturated rings. The van der Waals surface area contributed by atoms with Gasteiger partial charge in [-0.05, 0) is 25.0 Å². The summed E-state index contributed by atoms with van der Waals surface area (Å²) < 4.78 is 35.8. The molecule has 1 atom stereocenters. The minimum absolute atomic E-state index is 0.0504. The van der Waals surface area contributed by atoms with E-state index in [-0.39, 0.29) is 17.9 Å². The van der Waals surface area contributed by atoms with Crippen LogP contribution in [0.25, 0.3) is 0 Å². The topological polar surface area (TPSA) is 84.9 Å². The Kier molecular flexibility index (Phi) is 4.96. The van der Waals surface area contributed by atoms with E-state index in [0.29, 0.717) is 50.6 Å². The molecule has 8 heteroatoms. The highest BCUT2D eigenvalue weighted by Crippen LogP contribution is 2.30. The maximum atomic E-state index is 12.3. The summed E-state index contributed by atoms with van der Waals surface area (Å²) >= 11 is 0. The number of benzene rings is 1. The number of nitrogens with one attached hydrogen (secondary N) is 1. The number of nitrogens with zero attached hydrogens (tertiary/aromatic N) is 1. The van der Waals surface area contributed by atoms with Gasteiger partial charge in [-0.2, -0.15) is 0 Å². The van der Waals surface area contributed by atoms with Crippen LogP contribution in [0.1, 0.15) is 12.8 Å². The molecule has 2 aliphatic heterocycles. The van der Waals surface area contributed by atoms with Crippen LogP contribution < -0.4 is 14.8 Å². The lowest BCUT2D eigenvalue weighted by atomic mass is 9.97. The lowest BCUT2D eigenvalue weighted by Crippen LogP contribution is -2.46. The van der Waals surface area contributed by atoms with Crippen LogP contribution in [-0.4, -0.2) is 57.2 Å². The first-order valence-corrected chi connectivity index (χ1v) is 9.89. The monoisotopic (exact) mass is 354 g/mol. The fraction of sp³-hybridized carbons (Fsp3) is 0.562. The number of amides is 1. The first-order chi connectivity index (χ1) is 11.4. The van der Waals surface area contributed by atoms with Gasteiger partial charge in [0.25, 0.3) is 0 Å². The first kappa shape index (κ1) is 17.0. The third-order valence-corrected chi connectivity index (χ3v) is 5.67. The Morgan fingerprint density at radius 3 is 2.58 bits per heavy atom. The van der Waals surface area contributed by atoms with Crippen LogP contribution in [0.15, 0.2) is 24.3 Å². The summed E-state index contributed by atoms with van der Waals surface area (Å²) in [5, 5.41) is 2.89. The zero-order valence-corrected chi connectivity index (χ0v) is 14.4. The molecule has 1 N–H and O–H groups in total. The summed E-state index contributed by atoms with van der Waals surface area (Å²) in [6, 6.07) is 7.44. The molecule has 7 nitrogen and oxygen atoms in total. The Bertz CT molecular complexity index is 698. The van der Waals surface area contributed by atoms with Crippen LogP contribution in [0.3, 0.4) is 0 Å². The van der Waals surface area contributed by atoms with E-state index < -0.39 is 10.0 Å². The number of sulfonamides is 1. The summed E-state index contributed by atoms with van der Waals surface area (Å²) in [6.07, 6.45) is 2.07. The van der Waals surface area contributed by atoms with Gasteiger partial charge in [-0.3, -0.25) is 4.79 Å². The highest BCUT2D eigenvalue weighted by atomic mass is 32.2. The third-order valence-electron chi connectivity index (χ3n) is 4.37. The number of rotatable bonds is 4. The van der Waals surface area contributed by atoms with Gasteiger partial charge >= 0.3 is 0 Å². The van der Waals surface area contributed by atoms with Crippen molar-refractivity contribution in [3.05, 3.63) is 24.3 Å². The van der Waals surface area contributed by atoms with Gasteiger partial charge in [0.15, 0.2) is 11.5 Å².